The molecule has 206 valence electrons. The van der Waals surface area contributed by atoms with Gasteiger partial charge in [-0.25, -0.2) is 4.98 Å². The number of nitrogens with zero attached hydrogens (tertiary/aromatic N) is 6. The molecular formula is C30H31ClN6O3. The van der Waals surface area contributed by atoms with Crippen LogP contribution in [0.3, 0.4) is 0 Å². The fourth-order valence-corrected chi connectivity index (χ4v) is 4.99. The molecule has 3 aromatic carbocycles. The molecule has 0 spiro atoms. The minimum atomic E-state index is -0.599. The molecule has 3 heterocycles. The van der Waals surface area contributed by atoms with Crippen molar-refractivity contribution in [3.63, 3.8) is 0 Å². The third-order valence-corrected chi connectivity index (χ3v) is 7.24. The van der Waals surface area contributed by atoms with Crippen LogP contribution in [0.25, 0.3) is 28.2 Å². The zero-order chi connectivity index (χ0) is 27.5. The first kappa shape index (κ1) is 26.5. The highest BCUT2D eigenvalue weighted by Crippen LogP contribution is 2.28. The zero-order valence-corrected chi connectivity index (χ0v) is 23.0. The fourth-order valence-electron chi connectivity index (χ4n) is 4.86. The maximum Gasteiger partial charge on any atom is 0.227 e. The van der Waals surface area contributed by atoms with E-state index in [1.165, 1.54) is 5.56 Å². The minimum absolute atomic E-state index is 0.204. The molecule has 1 fully saturated rings. The van der Waals surface area contributed by atoms with Crippen LogP contribution in [0.4, 0.5) is 0 Å². The number of β-amino-alcohol motifs (C(OH)–C–C–N with tert-alkyl or cyclic N) is 1. The highest BCUT2D eigenvalue weighted by atomic mass is 35.5. The predicted molar refractivity (Wildman–Crippen MR) is 154 cm³/mol. The van der Waals surface area contributed by atoms with Crippen LogP contribution in [0.5, 0.6) is 5.75 Å². The maximum atomic E-state index is 10.6. The van der Waals surface area contributed by atoms with Crippen molar-refractivity contribution in [3.8, 4) is 22.9 Å². The summed E-state index contributed by atoms with van der Waals surface area (Å²) >= 11 is 5.98. The first-order chi connectivity index (χ1) is 19.5. The van der Waals surface area contributed by atoms with E-state index in [4.69, 9.17) is 20.8 Å². The number of halogens is 1. The summed E-state index contributed by atoms with van der Waals surface area (Å²) in [5.74, 6) is 1.17. The lowest BCUT2D eigenvalue weighted by molar-refractivity contribution is 0.0444. The molecule has 0 saturated carbocycles. The molecule has 2 aromatic heterocycles. The van der Waals surface area contributed by atoms with Crippen LogP contribution < -0.4 is 4.74 Å². The van der Waals surface area contributed by atoms with Crippen molar-refractivity contribution in [1.29, 1.82) is 0 Å². The fraction of sp³-hybridized carbons (Fsp3) is 0.300. The second kappa shape index (κ2) is 11.8. The summed E-state index contributed by atoms with van der Waals surface area (Å²) in [6.45, 7) is 7.15. The summed E-state index contributed by atoms with van der Waals surface area (Å²) in [5, 5.41) is 20.4. The number of hydrogen-bond donors (Lipinski definition) is 1. The number of hydrogen-bond acceptors (Lipinski definition) is 8. The van der Waals surface area contributed by atoms with E-state index in [9.17, 15) is 5.11 Å². The van der Waals surface area contributed by atoms with Crippen molar-refractivity contribution in [2.75, 3.05) is 39.3 Å². The number of benzene rings is 3. The molecule has 1 saturated heterocycles. The predicted octanol–water partition coefficient (Wildman–Crippen LogP) is 4.59. The normalized spacial score (nSPS) is 15.5. The Labute approximate surface area is 237 Å². The monoisotopic (exact) mass is 558 g/mol. The van der Waals surface area contributed by atoms with Gasteiger partial charge >= 0.3 is 0 Å². The molecule has 0 unspecified atom stereocenters. The van der Waals surface area contributed by atoms with E-state index >= 15 is 0 Å². The smallest absolute Gasteiger partial charge is 0.227 e. The second-order valence-corrected chi connectivity index (χ2v) is 10.6. The molecule has 9 nitrogen and oxygen atoms in total. The summed E-state index contributed by atoms with van der Waals surface area (Å²) < 4.78 is 11.8. The molecule has 1 aliphatic heterocycles. The van der Waals surface area contributed by atoms with Crippen molar-refractivity contribution in [2.45, 2.75) is 19.6 Å². The van der Waals surface area contributed by atoms with Crippen molar-refractivity contribution < 1.29 is 14.3 Å². The Kier molecular flexibility index (Phi) is 7.79. The number of ether oxygens (including phenoxy) is 1. The van der Waals surface area contributed by atoms with Gasteiger partial charge in [0.25, 0.3) is 0 Å². The number of oxazole rings is 1. The molecule has 40 heavy (non-hydrogen) atoms. The van der Waals surface area contributed by atoms with Gasteiger partial charge in [0, 0.05) is 55.9 Å². The molecule has 10 heteroatoms. The lowest BCUT2D eigenvalue weighted by atomic mass is 10.2. The number of fused-ring (bicyclic) bond motifs is 1. The highest BCUT2D eigenvalue weighted by Gasteiger charge is 2.21. The van der Waals surface area contributed by atoms with Gasteiger partial charge in [-0.1, -0.05) is 23.7 Å². The van der Waals surface area contributed by atoms with Crippen molar-refractivity contribution in [1.82, 2.24) is 29.8 Å². The third-order valence-electron chi connectivity index (χ3n) is 6.98. The Hall–Kier alpha value is -3.76. The SMILES string of the molecule is Cc1cccc(-n2ncc(CN3CCN(C[C@H](O)COc4ccc5oc(-c6ccc(Cl)cc6)nc5c4)CC3)n2)c1. The molecule has 1 atom stereocenters. The molecule has 5 aromatic rings. The molecule has 1 N–H and O–H groups in total. The van der Waals surface area contributed by atoms with E-state index < -0.39 is 6.10 Å². The maximum absolute atomic E-state index is 10.6. The summed E-state index contributed by atoms with van der Waals surface area (Å²) in [4.78, 5) is 10.9. The van der Waals surface area contributed by atoms with Crippen LogP contribution in [-0.2, 0) is 6.54 Å². The second-order valence-electron chi connectivity index (χ2n) is 10.2. The number of rotatable bonds is 9. The average molecular weight is 559 g/mol. The van der Waals surface area contributed by atoms with E-state index in [0.717, 1.165) is 49.7 Å². The summed E-state index contributed by atoms with van der Waals surface area (Å²) in [7, 11) is 0. The number of aryl methyl sites for hydroxylation is 1. The highest BCUT2D eigenvalue weighted by molar-refractivity contribution is 6.30. The van der Waals surface area contributed by atoms with Gasteiger partial charge in [-0.3, -0.25) is 9.80 Å². The zero-order valence-electron chi connectivity index (χ0n) is 22.3. The quantitative estimate of drug-likeness (QED) is 0.281. The van der Waals surface area contributed by atoms with Gasteiger partial charge in [-0.15, -0.1) is 0 Å². The molecule has 0 bridgehead atoms. The third kappa shape index (κ3) is 6.34. The van der Waals surface area contributed by atoms with Gasteiger partial charge in [0.15, 0.2) is 5.58 Å². The Morgan fingerprint density at radius 3 is 2.60 bits per heavy atom. The summed E-state index contributed by atoms with van der Waals surface area (Å²) in [5.41, 5.74) is 5.33. The minimum Gasteiger partial charge on any atom is -0.491 e. The van der Waals surface area contributed by atoms with E-state index in [1.54, 1.807) is 16.9 Å². The largest absolute Gasteiger partial charge is 0.491 e. The van der Waals surface area contributed by atoms with Gasteiger partial charge in [-0.05, 0) is 61.0 Å². The van der Waals surface area contributed by atoms with Crippen LogP contribution in [-0.4, -0.2) is 80.3 Å². The molecule has 6 rings (SSSR count). The van der Waals surface area contributed by atoms with Crippen LogP contribution >= 0.6 is 11.6 Å². The summed E-state index contributed by atoms with van der Waals surface area (Å²) in [6.07, 6.45) is 1.24. The molecule has 0 radical (unpaired) electrons. The van der Waals surface area contributed by atoms with E-state index in [1.807, 2.05) is 48.7 Å². The molecule has 0 aliphatic carbocycles. The number of aromatic nitrogens is 4. The van der Waals surface area contributed by atoms with Crippen molar-refractivity contribution in [3.05, 3.63) is 89.2 Å². The van der Waals surface area contributed by atoms with Gasteiger partial charge in [0.2, 0.25) is 5.89 Å². The van der Waals surface area contributed by atoms with E-state index in [-0.39, 0.29) is 6.61 Å². The van der Waals surface area contributed by atoms with Gasteiger partial charge in [0.05, 0.1) is 17.6 Å². The number of aliphatic hydroxyl groups is 1. The molecular weight excluding hydrogens is 528 g/mol. The van der Waals surface area contributed by atoms with E-state index in [0.29, 0.717) is 34.3 Å². The Morgan fingerprint density at radius 2 is 1.80 bits per heavy atom. The van der Waals surface area contributed by atoms with Crippen LogP contribution in [0.15, 0.2) is 77.3 Å². The number of piperazine rings is 1. The first-order valence-electron chi connectivity index (χ1n) is 13.4. The molecule has 0 amide bonds. The molecule has 1 aliphatic rings. The first-order valence-corrected chi connectivity index (χ1v) is 13.8. The average Bonchev–Trinajstić information content (AvgIpc) is 3.60. The Balaban J connectivity index is 0.960. The van der Waals surface area contributed by atoms with Gasteiger partial charge in [-0.2, -0.15) is 15.0 Å². The Bertz CT molecular complexity index is 1580. The van der Waals surface area contributed by atoms with Crippen molar-refractivity contribution in [2.24, 2.45) is 0 Å². The lowest BCUT2D eigenvalue weighted by Crippen LogP contribution is -2.48. The standard InChI is InChI=1S/C30H31ClN6O3/c1-21-3-2-4-25(15-21)37-32-17-24(34-37)18-35-11-13-36(14-12-35)19-26(38)20-39-27-9-10-29-28(16-27)33-30(40-29)22-5-7-23(31)8-6-22/h2-10,15-17,26,38H,11-14,18-20H2,1H3/t26-/m0/s1. The lowest BCUT2D eigenvalue weighted by Gasteiger charge is -2.35. The van der Waals surface area contributed by atoms with Crippen molar-refractivity contribution >= 4 is 22.7 Å². The van der Waals surface area contributed by atoms with Crippen LogP contribution in [0, 0.1) is 6.92 Å². The van der Waals surface area contributed by atoms with Gasteiger partial charge in [0.1, 0.15) is 24.0 Å². The van der Waals surface area contributed by atoms with Crippen LogP contribution in [0.1, 0.15) is 11.3 Å². The number of aliphatic hydroxyl groups excluding tert-OH is 1. The topological polar surface area (TPSA) is 92.7 Å². The Morgan fingerprint density at radius 1 is 1.00 bits per heavy atom. The van der Waals surface area contributed by atoms with Gasteiger partial charge < -0.3 is 14.3 Å². The van der Waals surface area contributed by atoms with E-state index in [2.05, 4.69) is 44.0 Å². The van der Waals surface area contributed by atoms with Crippen LogP contribution in [0.2, 0.25) is 5.02 Å². The summed E-state index contributed by atoms with van der Waals surface area (Å²) in [6, 6.07) is 21.0.